The summed E-state index contributed by atoms with van der Waals surface area (Å²) < 4.78 is 0. The van der Waals surface area contributed by atoms with E-state index in [1.165, 1.54) is 42.4 Å². The highest BCUT2D eigenvalue weighted by Gasteiger charge is 2.19. The van der Waals surface area contributed by atoms with Crippen LogP contribution >= 0.6 is 0 Å². The molecule has 0 aromatic heterocycles. The summed E-state index contributed by atoms with van der Waals surface area (Å²) >= 11 is 0. The van der Waals surface area contributed by atoms with Gasteiger partial charge >= 0.3 is 0 Å². The minimum absolute atomic E-state index is 0.785. The quantitative estimate of drug-likeness (QED) is 0.606. The zero-order valence-electron chi connectivity index (χ0n) is 11.7. The van der Waals surface area contributed by atoms with E-state index in [4.69, 9.17) is 0 Å². The molecule has 1 aliphatic rings. The third kappa shape index (κ3) is 2.93. The summed E-state index contributed by atoms with van der Waals surface area (Å²) in [5, 5.41) is 0. The van der Waals surface area contributed by atoms with Crippen LogP contribution in [-0.4, -0.2) is 0 Å². The number of hydrogen-bond acceptors (Lipinski definition) is 0. The van der Waals surface area contributed by atoms with Crippen LogP contribution in [0.15, 0.2) is 43.0 Å². The van der Waals surface area contributed by atoms with Crippen molar-refractivity contribution in [2.45, 2.75) is 45.4 Å². The highest BCUT2D eigenvalue weighted by molar-refractivity contribution is 5.73. The second kappa shape index (κ2) is 6.04. The van der Waals surface area contributed by atoms with Crippen molar-refractivity contribution in [2.75, 3.05) is 0 Å². The molecule has 0 unspecified atom stereocenters. The molecule has 0 atom stereocenters. The molecule has 0 nitrogen and oxygen atoms in total. The van der Waals surface area contributed by atoms with Gasteiger partial charge in [0.2, 0.25) is 0 Å². The molecule has 1 aromatic rings. The van der Waals surface area contributed by atoms with Crippen molar-refractivity contribution in [2.24, 2.45) is 5.92 Å². The van der Waals surface area contributed by atoms with Crippen LogP contribution in [0.5, 0.6) is 0 Å². The van der Waals surface area contributed by atoms with Gasteiger partial charge in [-0.2, -0.15) is 0 Å². The lowest BCUT2D eigenvalue weighted by Gasteiger charge is -2.26. The van der Waals surface area contributed by atoms with Crippen molar-refractivity contribution in [3.8, 4) is 0 Å². The maximum Gasteiger partial charge on any atom is -0.0162 e. The highest BCUT2D eigenvalue weighted by Crippen LogP contribution is 2.35. The van der Waals surface area contributed by atoms with Crippen LogP contribution < -0.4 is 0 Å². The highest BCUT2D eigenvalue weighted by atomic mass is 14.2. The van der Waals surface area contributed by atoms with E-state index in [0.29, 0.717) is 0 Å². The molecule has 96 valence electrons. The van der Waals surface area contributed by atoms with Gasteiger partial charge in [-0.25, -0.2) is 0 Å². The maximum atomic E-state index is 3.86. The molecule has 1 aromatic carbocycles. The largest absolute Gasteiger partial charge is 0.0985 e. The summed E-state index contributed by atoms with van der Waals surface area (Å²) in [6, 6.07) is 9.10. The first-order chi connectivity index (χ1) is 8.74. The lowest BCUT2D eigenvalue weighted by molar-refractivity contribution is 0.348. The zero-order valence-corrected chi connectivity index (χ0v) is 11.7. The van der Waals surface area contributed by atoms with Crippen molar-refractivity contribution in [3.63, 3.8) is 0 Å². The predicted octanol–water partition coefficient (Wildman–Crippen LogP) is 5.57. The maximum absolute atomic E-state index is 3.86. The third-order valence-corrected chi connectivity index (χ3v) is 4.26. The van der Waals surface area contributed by atoms with Crippen molar-refractivity contribution in [1.29, 1.82) is 0 Å². The predicted molar refractivity (Wildman–Crippen MR) is 80.7 cm³/mol. The van der Waals surface area contributed by atoms with Crippen LogP contribution in [0, 0.1) is 5.92 Å². The van der Waals surface area contributed by atoms with E-state index in [0.717, 1.165) is 11.8 Å². The van der Waals surface area contributed by atoms with Crippen LogP contribution in [0.25, 0.3) is 5.57 Å². The molecule has 0 N–H and O–H groups in total. The summed E-state index contributed by atoms with van der Waals surface area (Å²) in [6.07, 6.45) is 9.54. The Kier molecular flexibility index (Phi) is 4.41. The lowest BCUT2D eigenvalue weighted by atomic mass is 9.79. The smallest absolute Gasteiger partial charge is 0.0162 e. The van der Waals surface area contributed by atoms with Crippen molar-refractivity contribution >= 4 is 5.57 Å². The molecular formula is C18H24. The minimum atomic E-state index is 0.785. The first-order valence-electron chi connectivity index (χ1n) is 7.13. The summed E-state index contributed by atoms with van der Waals surface area (Å²) in [6.45, 7) is 8.30. The van der Waals surface area contributed by atoms with E-state index in [-0.39, 0.29) is 0 Å². The topological polar surface area (TPSA) is 0 Å². The molecule has 1 aliphatic carbocycles. The second-order valence-corrected chi connectivity index (χ2v) is 5.53. The van der Waals surface area contributed by atoms with E-state index >= 15 is 0 Å². The van der Waals surface area contributed by atoms with Gasteiger partial charge in [0.25, 0.3) is 0 Å². The van der Waals surface area contributed by atoms with Gasteiger partial charge in [-0.1, -0.05) is 62.8 Å². The summed E-state index contributed by atoms with van der Waals surface area (Å²) in [7, 11) is 0. The standard InChI is InChI=1S/C18H24/c1-4-15(5-2)16-10-12-18(13-11-16)17-8-6-14(3)7-9-17/h4-5,10-14,17H,1,6-9H2,2-3H3/b15-5+. The minimum Gasteiger partial charge on any atom is -0.0985 e. The summed E-state index contributed by atoms with van der Waals surface area (Å²) in [5.41, 5.74) is 4.02. The van der Waals surface area contributed by atoms with Crippen LogP contribution in [-0.2, 0) is 0 Å². The molecule has 18 heavy (non-hydrogen) atoms. The van der Waals surface area contributed by atoms with Crippen LogP contribution in [0.3, 0.4) is 0 Å². The number of benzene rings is 1. The summed E-state index contributed by atoms with van der Waals surface area (Å²) in [5.74, 6) is 1.71. The number of rotatable bonds is 3. The Labute approximate surface area is 111 Å². The molecule has 0 aliphatic heterocycles. The van der Waals surface area contributed by atoms with Gasteiger partial charge in [0.05, 0.1) is 0 Å². The van der Waals surface area contributed by atoms with E-state index in [2.05, 4.69) is 50.8 Å². The van der Waals surface area contributed by atoms with Gasteiger partial charge in [-0.3, -0.25) is 0 Å². The molecule has 2 rings (SSSR count). The van der Waals surface area contributed by atoms with Gasteiger partial charge in [0, 0.05) is 0 Å². The van der Waals surface area contributed by atoms with E-state index in [1.807, 2.05) is 6.08 Å². The molecule has 1 saturated carbocycles. The Morgan fingerprint density at radius 1 is 1.11 bits per heavy atom. The molecule has 0 heteroatoms. The van der Waals surface area contributed by atoms with Gasteiger partial charge in [-0.15, -0.1) is 0 Å². The molecule has 0 amide bonds. The summed E-state index contributed by atoms with van der Waals surface area (Å²) in [4.78, 5) is 0. The number of hydrogen-bond donors (Lipinski definition) is 0. The average molecular weight is 240 g/mol. The van der Waals surface area contributed by atoms with Gasteiger partial charge < -0.3 is 0 Å². The Morgan fingerprint density at radius 3 is 2.22 bits per heavy atom. The number of allylic oxidation sites excluding steroid dienone is 3. The lowest BCUT2D eigenvalue weighted by Crippen LogP contribution is -2.10. The Morgan fingerprint density at radius 2 is 1.72 bits per heavy atom. The van der Waals surface area contributed by atoms with Gasteiger partial charge in [0.15, 0.2) is 0 Å². The van der Waals surface area contributed by atoms with E-state index in [1.54, 1.807) is 0 Å². The Balaban J connectivity index is 2.10. The first-order valence-corrected chi connectivity index (χ1v) is 7.13. The van der Waals surface area contributed by atoms with Gasteiger partial charge in [0.1, 0.15) is 0 Å². The van der Waals surface area contributed by atoms with E-state index < -0.39 is 0 Å². The fourth-order valence-corrected chi connectivity index (χ4v) is 2.94. The van der Waals surface area contributed by atoms with E-state index in [9.17, 15) is 0 Å². The van der Waals surface area contributed by atoms with Crippen molar-refractivity contribution < 1.29 is 0 Å². The SMILES string of the molecule is C=C/C(=C\C)c1ccc(C2CCC(C)CC2)cc1. The average Bonchev–Trinajstić information content (AvgIpc) is 2.42. The normalized spacial score (nSPS) is 24.9. The molecule has 0 radical (unpaired) electrons. The Bertz CT molecular complexity index is 414. The zero-order chi connectivity index (χ0) is 13.0. The fraction of sp³-hybridized carbons (Fsp3) is 0.444. The Hall–Kier alpha value is -1.30. The molecular weight excluding hydrogens is 216 g/mol. The molecule has 0 spiro atoms. The third-order valence-electron chi connectivity index (χ3n) is 4.26. The van der Waals surface area contributed by atoms with Crippen LogP contribution in [0.2, 0.25) is 0 Å². The molecule has 0 bridgehead atoms. The molecule has 0 heterocycles. The first kappa shape index (κ1) is 13.1. The molecule has 0 saturated heterocycles. The van der Waals surface area contributed by atoms with Crippen molar-refractivity contribution in [1.82, 2.24) is 0 Å². The second-order valence-electron chi connectivity index (χ2n) is 5.53. The van der Waals surface area contributed by atoms with Gasteiger partial charge in [-0.05, 0) is 48.3 Å². The fourth-order valence-electron chi connectivity index (χ4n) is 2.94. The monoisotopic (exact) mass is 240 g/mol. The van der Waals surface area contributed by atoms with Crippen LogP contribution in [0.4, 0.5) is 0 Å². The molecule has 1 fully saturated rings. The van der Waals surface area contributed by atoms with Crippen LogP contribution in [0.1, 0.15) is 56.6 Å². The van der Waals surface area contributed by atoms with Crippen molar-refractivity contribution in [3.05, 3.63) is 54.1 Å².